The number of pyridine rings is 1. The number of carbonyl (C=O) groups is 2. The number of fused-ring (bicyclic) bond motifs is 1. The van der Waals surface area contributed by atoms with E-state index in [0.717, 1.165) is 22.9 Å². The second kappa shape index (κ2) is 6.54. The molecule has 0 radical (unpaired) electrons. The summed E-state index contributed by atoms with van der Waals surface area (Å²) < 4.78 is 0. The van der Waals surface area contributed by atoms with Crippen molar-refractivity contribution in [3.05, 3.63) is 48.3 Å². The Morgan fingerprint density at radius 3 is 2.83 bits per heavy atom. The highest BCUT2D eigenvalue weighted by Crippen LogP contribution is 2.28. The second-order valence-corrected chi connectivity index (χ2v) is 5.51. The minimum Gasteiger partial charge on any atom is -0.478 e. The minimum absolute atomic E-state index is 0.0447. The Morgan fingerprint density at radius 1 is 1.25 bits per heavy atom. The Labute approximate surface area is 138 Å². The first-order valence-electron chi connectivity index (χ1n) is 7.69. The van der Waals surface area contributed by atoms with E-state index >= 15 is 0 Å². The SMILES string of the molecule is CCCC(=O)Nc1c[nH]c2ncc(-c3cccc(C(=O)O)c3)cc12. The summed E-state index contributed by atoms with van der Waals surface area (Å²) in [6, 6.07) is 8.57. The van der Waals surface area contributed by atoms with Gasteiger partial charge in [-0.05, 0) is 30.2 Å². The fourth-order valence-corrected chi connectivity index (χ4v) is 2.54. The molecule has 3 aromatic rings. The van der Waals surface area contributed by atoms with Crippen molar-refractivity contribution in [3.8, 4) is 11.1 Å². The predicted molar refractivity (Wildman–Crippen MR) is 92.0 cm³/mol. The zero-order valence-electron chi connectivity index (χ0n) is 13.2. The highest BCUT2D eigenvalue weighted by molar-refractivity contribution is 6.01. The predicted octanol–water partition coefficient (Wildman–Crippen LogP) is 3.67. The molecule has 2 heterocycles. The second-order valence-electron chi connectivity index (χ2n) is 5.51. The molecule has 6 heteroatoms. The van der Waals surface area contributed by atoms with E-state index in [0.29, 0.717) is 17.8 Å². The Balaban J connectivity index is 2.00. The Morgan fingerprint density at radius 2 is 2.08 bits per heavy atom. The standard InChI is InChI=1S/C18H17N3O3/c1-2-4-16(22)21-15-10-20-17-14(15)8-13(9-19-17)11-5-3-6-12(7-11)18(23)24/h3,5-10H,2,4H2,1H3,(H,19,20)(H,21,22)(H,23,24). The van der Waals surface area contributed by atoms with E-state index in [1.54, 1.807) is 30.6 Å². The van der Waals surface area contributed by atoms with Crippen LogP contribution in [-0.4, -0.2) is 27.0 Å². The van der Waals surface area contributed by atoms with Gasteiger partial charge in [-0.1, -0.05) is 19.1 Å². The van der Waals surface area contributed by atoms with Gasteiger partial charge >= 0.3 is 5.97 Å². The molecule has 1 amide bonds. The van der Waals surface area contributed by atoms with Gasteiger partial charge in [-0.25, -0.2) is 9.78 Å². The Bertz CT molecular complexity index is 915. The van der Waals surface area contributed by atoms with Crippen LogP contribution in [0.2, 0.25) is 0 Å². The van der Waals surface area contributed by atoms with Gasteiger partial charge in [0.1, 0.15) is 5.65 Å². The van der Waals surface area contributed by atoms with Gasteiger partial charge in [0.25, 0.3) is 0 Å². The van der Waals surface area contributed by atoms with Crippen molar-refractivity contribution in [2.24, 2.45) is 0 Å². The maximum atomic E-state index is 11.8. The highest BCUT2D eigenvalue weighted by atomic mass is 16.4. The smallest absolute Gasteiger partial charge is 0.335 e. The lowest BCUT2D eigenvalue weighted by molar-refractivity contribution is -0.116. The molecule has 1 aromatic carbocycles. The van der Waals surface area contributed by atoms with Crippen LogP contribution in [-0.2, 0) is 4.79 Å². The number of nitrogens with one attached hydrogen (secondary N) is 2. The molecule has 3 rings (SSSR count). The molecule has 2 aromatic heterocycles. The summed E-state index contributed by atoms with van der Waals surface area (Å²) in [5.41, 5.74) is 3.11. The van der Waals surface area contributed by atoms with E-state index in [9.17, 15) is 9.59 Å². The molecular weight excluding hydrogens is 306 g/mol. The number of aromatic amines is 1. The highest BCUT2D eigenvalue weighted by Gasteiger charge is 2.11. The lowest BCUT2D eigenvalue weighted by Crippen LogP contribution is -2.10. The number of H-pyrrole nitrogens is 1. The summed E-state index contributed by atoms with van der Waals surface area (Å²) in [5.74, 6) is -1.02. The van der Waals surface area contributed by atoms with Crippen LogP contribution in [0.5, 0.6) is 0 Å². The molecule has 0 aliphatic rings. The topological polar surface area (TPSA) is 95.1 Å². The maximum Gasteiger partial charge on any atom is 0.335 e. The van der Waals surface area contributed by atoms with Crippen molar-refractivity contribution in [2.45, 2.75) is 19.8 Å². The van der Waals surface area contributed by atoms with E-state index in [-0.39, 0.29) is 11.5 Å². The number of hydrogen-bond donors (Lipinski definition) is 3. The Kier molecular flexibility index (Phi) is 4.29. The lowest BCUT2D eigenvalue weighted by Gasteiger charge is -2.05. The fraction of sp³-hybridized carbons (Fsp3) is 0.167. The molecule has 0 spiro atoms. The van der Waals surface area contributed by atoms with Crippen LogP contribution in [0.25, 0.3) is 22.2 Å². The molecule has 0 unspecified atom stereocenters. The van der Waals surface area contributed by atoms with E-state index in [2.05, 4.69) is 15.3 Å². The first-order chi connectivity index (χ1) is 11.6. The van der Waals surface area contributed by atoms with Gasteiger partial charge in [0.2, 0.25) is 5.91 Å². The zero-order valence-corrected chi connectivity index (χ0v) is 13.2. The van der Waals surface area contributed by atoms with E-state index in [1.165, 1.54) is 0 Å². The van der Waals surface area contributed by atoms with Gasteiger partial charge < -0.3 is 15.4 Å². The zero-order chi connectivity index (χ0) is 17.1. The van der Waals surface area contributed by atoms with Crippen LogP contribution in [0, 0.1) is 0 Å². The summed E-state index contributed by atoms with van der Waals surface area (Å²) in [4.78, 5) is 30.3. The monoisotopic (exact) mass is 323 g/mol. The molecule has 0 saturated heterocycles. The number of benzene rings is 1. The normalized spacial score (nSPS) is 10.7. The molecule has 0 aliphatic heterocycles. The molecule has 0 fully saturated rings. The molecule has 6 nitrogen and oxygen atoms in total. The van der Waals surface area contributed by atoms with E-state index in [1.807, 2.05) is 19.1 Å². The van der Waals surface area contributed by atoms with E-state index < -0.39 is 5.97 Å². The summed E-state index contributed by atoms with van der Waals surface area (Å²) in [5, 5.41) is 12.8. The fourth-order valence-electron chi connectivity index (χ4n) is 2.54. The third-order valence-electron chi connectivity index (χ3n) is 3.73. The number of rotatable bonds is 5. The molecule has 0 bridgehead atoms. The van der Waals surface area contributed by atoms with Crippen LogP contribution in [0.3, 0.4) is 0 Å². The number of amides is 1. The number of aromatic nitrogens is 2. The number of aromatic carboxylic acids is 1. The van der Waals surface area contributed by atoms with Crippen molar-refractivity contribution < 1.29 is 14.7 Å². The quantitative estimate of drug-likeness (QED) is 0.667. The van der Waals surface area contributed by atoms with Gasteiger partial charge in [0, 0.05) is 29.8 Å². The maximum absolute atomic E-state index is 11.8. The first-order valence-corrected chi connectivity index (χ1v) is 7.69. The number of carboxylic acids is 1. The molecule has 0 atom stereocenters. The summed E-state index contributed by atoms with van der Waals surface area (Å²) in [6.07, 6.45) is 4.63. The van der Waals surface area contributed by atoms with Crippen molar-refractivity contribution in [1.29, 1.82) is 0 Å². The molecule has 24 heavy (non-hydrogen) atoms. The van der Waals surface area contributed by atoms with Crippen LogP contribution in [0.4, 0.5) is 5.69 Å². The third kappa shape index (κ3) is 3.12. The molecule has 0 saturated carbocycles. The van der Waals surface area contributed by atoms with Crippen LogP contribution < -0.4 is 5.32 Å². The largest absolute Gasteiger partial charge is 0.478 e. The van der Waals surface area contributed by atoms with Gasteiger partial charge in [0.15, 0.2) is 0 Å². The van der Waals surface area contributed by atoms with Gasteiger partial charge in [-0.15, -0.1) is 0 Å². The number of nitrogens with zero attached hydrogens (tertiary/aromatic N) is 1. The molecule has 3 N–H and O–H groups in total. The van der Waals surface area contributed by atoms with Crippen LogP contribution >= 0.6 is 0 Å². The number of carbonyl (C=O) groups excluding carboxylic acids is 1. The molecule has 122 valence electrons. The van der Waals surface area contributed by atoms with Crippen LogP contribution in [0.15, 0.2) is 42.7 Å². The van der Waals surface area contributed by atoms with Crippen molar-refractivity contribution in [1.82, 2.24) is 9.97 Å². The number of anilines is 1. The van der Waals surface area contributed by atoms with Crippen molar-refractivity contribution >= 4 is 28.6 Å². The Hall–Kier alpha value is -3.15. The molecular formula is C18H17N3O3. The average Bonchev–Trinajstić information content (AvgIpc) is 2.97. The van der Waals surface area contributed by atoms with Crippen LogP contribution in [0.1, 0.15) is 30.1 Å². The number of carboxylic acid groups (broad SMARTS) is 1. The van der Waals surface area contributed by atoms with Gasteiger partial charge in [0.05, 0.1) is 11.3 Å². The summed E-state index contributed by atoms with van der Waals surface area (Å²) in [6.45, 7) is 1.95. The summed E-state index contributed by atoms with van der Waals surface area (Å²) in [7, 11) is 0. The van der Waals surface area contributed by atoms with Gasteiger partial charge in [-0.2, -0.15) is 0 Å². The summed E-state index contributed by atoms with van der Waals surface area (Å²) >= 11 is 0. The number of hydrogen-bond acceptors (Lipinski definition) is 3. The van der Waals surface area contributed by atoms with Gasteiger partial charge in [-0.3, -0.25) is 4.79 Å². The average molecular weight is 323 g/mol. The molecule has 0 aliphatic carbocycles. The third-order valence-corrected chi connectivity index (χ3v) is 3.73. The van der Waals surface area contributed by atoms with Crippen molar-refractivity contribution in [3.63, 3.8) is 0 Å². The lowest BCUT2D eigenvalue weighted by atomic mass is 10.0. The first kappa shape index (κ1) is 15.7. The van der Waals surface area contributed by atoms with Crippen molar-refractivity contribution in [2.75, 3.05) is 5.32 Å². The van der Waals surface area contributed by atoms with E-state index in [4.69, 9.17) is 5.11 Å². The minimum atomic E-state index is -0.972.